The van der Waals surface area contributed by atoms with E-state index in [1.807, 2.05) is 6.08 Å². The molecular formula is C18H30OSi. The lowest BCUT2D eigenvalue weighted by Crippen LogP contribution is -2.48. The molecule has 0 bridgehead atoms. The van der Waals surface area contributed by atoms with E-state index >= 15 is 0 Å². The smallest absolute Gasteiger partial charge is 0.0914 e. The lowest BCUT2D eigenvalue weighted by molar-refractivity contribution is 0.283. The van der Waals surface area contributed by atoms with Crippen molar-refractivity contribution in [3.63, 3.8) is 0 Å². The van der Waals surface area contributed by atoms with Crippen LogP contribution in [-0.2, 0) is 6.42 Å². The maximum atomic E-state index is 10.4. The Hall–Kier alpha value is -0.863. The molecule has 0 aromatic heterocycles. The van der Waals surface area contributed by atoms with Crippen molar-refractivity contribution in [2.75, 3.05) is 0 Å². The van der Waals surface area contributed by atoms with E-state index in [1.54, 1.807) is 0 Å². The lowest BCUT2D eigenvalue weighted by atomic mass is 10.1. The molecule has 1 aromatic rings. The number of aliphatic hydroxyl groups excluding tert-OH is 1. The minimum atomic E-state index is -1.66. The number of aryl methyl sites for hydroxylation is 1. The molecule has 0 fully saturated rings. The van der Waals surface area contributed by atoms with Gasteiger partial charge in [0.25, 0.3) is 0 Å². The van der Waals surface area contributed by atoms with E-state index in [2.05, 4.69) is 70.3 Å². The Morgan fingerprint density at radius 2 is 1.75 bits per heavy atom. The summed E-state index contributed by atoms with van der Waals surface area (Å²) >= 11 is 0. The minimum absolute atomic E-state index is 0.223. The fraction of sp³-hybridized carbons (Fsp3) is 0.556. The van der Waals surface area contributed by atoms with E-state index in [-0.39, 0.29) is 10.8 Å². The number of aliphatic hydroxyl groups is 1. The zero-order valence-corrected chi connectivity index (χ0v) is 14.7. The van der Waals surface area contributed by atoms with Crippen LogP contribution in [0.4, 0.5) is 0 Å². The Morgan fingerprint density at radius 3 is 2.30 bits per heavy atom. The molecule has 0 unspecified atom stereocenters. The molecule has 0 aliphatic heterocycles. The first-order valence-corrected chi connectivity index (χ1v) is 10.7. The lowest BCUT2D eigenvalue weighted by Gasteiger charge is -2.39. The molecule has 20 heavy (non-hydrogen) atoms. The zero-order valence-electron chi connectivity index (χ0n) is 13.7. The summed E-state index contributed by atoms with van der Waals surface area (Å²) in [6.07, 6.45) is 7.49. The molecule has 1 N–H and O–H groups in total. The molecule has 1 rings (SSSR count). The topological polar surface area (TPSA) is 20.2 Å². The van der Waals surface area contributed by atoms with Crippen molar-refractivity contribution in [2.24, 2.45) is 0 Å². The molecule has 0 heterocycles. The summed E-state index contributed by atoms with van der Waals surface area (Å²) in [6.45, 7) is 11.3. The Bertz CT molecular complexity index is 415. The van der Waals surface area contributed by atoms with E-state index < -0.39 is 8.07 Å². The van der Waals surface area contributed by atoms with Crippen LogP contribution < -0.4 is 0 Å². The van der Waals surface area contributed by atoms with Gasteiger partial charge in [-0.15, -0.1) is 0 Å². The minimum Gasteiger partial charge on any atom is -0.393 e. The molecule has 0 spiro atoms. The van der Waals surface area contributed by atoms with Crippen LogP contribution in [0.5, 0.6) is 0 Å². The summed E-state index contributed by atoms with van der Waals surface area (Å²) < 4.78 is 0. The first-order chi connectivity index (χ1) is 9.25. The van der Waals surface area contributed by atoms with Crippen LogP contribution in [0.1, 0.15) is 39.2 Å². The second-order valence-corrected chi connectivity index (χ2v) is 12.8. The summed E-state index contributed by atoms with van der Waals surface area (Å²) in [5.41, 5.74) is 1.14. The standard InChI is InChI=1S/C18H30OSi/c1-18(2,3)20(4,5)17(19)15-11-7-10-14-16-12-8-6-9-13-16/h6,8-9,11-13,15,17,19H,7,10,14H2,1-5H3/b15-11+/t17-/m1/s1. The third kappa shape index (κ3) is 4.91. The van der Waals surface area contributed by atoms with Crippen LogP contribution in [-0.4, -0.2) is 18.9 Å². The fourth-order valence-corrected chi connectivity index (χ4v) is 3.48. The highest BCUT2D eigenvalue weighted by atomic mass is 28.3. The molecule has 2 heteroatoms. The van der Waals surface area contributed by atoms with Crippen LogP contribution >= 0.6 is 0 Å². The quantitative estimate of drug-likeness (QED) is 0.445. The van der Waals surface area contributed by atoms with Crippen molar-refractivity contribution in [2.45, 2.75) is 63.9 Å². The first kappa shape index (κ1) is 17.2. The highest BCUT2D eigenvalue weighted by Gasteiger charge is 2.40. The maximum Gasteiger partial charge on any atom is 0.0914 e. The van der Waals surface area contributed by atoms with Crippen molar-refractivity contribution >= 4 is 8.07 Å². The normalized spacial score (nSPS) is 14.7. The van der Waals surface area contributed by atoms with Crippen molar-refractivity contribution in [3.05, 3.63) is 48.0 Å². The first-order valence-electron chi connectivity index (χ1n) is 7.64. The van der Waals surface area contributed by atoms with Crippen LogP contribution in [0, 0.1) is 0 Å². The summed E-state index contributed by atoms with van der Waals surface area (Å²) in [5, 5.41) is 10.6. The highest BCUT2D eigenvalue weighted by molar-refractivity contribution is 6.81. The SMILES string of the molecule is CC(C)(C)[Si](C)(C)[C@@H](O)/C=C/CCCc1ccccc1. The van der Waals surface area contributed by atoms with Gasteiger partial charge in [-0.05, 0) is 29.9 Å². The van der Waals surface area contributed by atoms with Gasteiger partial charge in [-0.3, -0.25) is 0 Å². The molecule has 0 aliphatic carbocycles. The van der Waals surface area contributed by atoms with E-state index in [0.29, 0.717) is 0 Å². The van der Waals surface area contributed by atoms with E-state index in [4.69, 9.17) is 0 Å². The summed E-state index contributed by atoms with van der Waals surface area (Å²) in [6, 6.07) is 10.6. The van der Waals surface area contributed by atoms with Gasteiger partial charge in [0, 0.05) is 0 Å². The number of benzene rings is 1. The summed E-state index contributed by atoms with van der Waals surface area (Å²) in [5.74, 6) is 0. The molecule has 0 amide bonds. The number of hydrogen-bond acceptors (Lipinski definition) is 1. The predicted octanol–water partition coefficient (Wildman–Crippen LogP) is 4.97. The van der Waals surface area contributed by atoms with Crippen molar-refractivity contribution in [1.29, 1.82) is 0 Å². The molecule has 112 valence electrons. The van der Waals surface area contributed by atoms with Gasteiger partial charge in [0.05, 0.1) is 13.8 Å². The predicted molar refractivity (Wildman–Crippen MR) is 91.7 cm³/mol. The molecular weight excluding hydrogens is 260 g/mol. The van der Waals surface area contributed by atoms with Gasteiger partial charge in [-0.2, -0.15) is 0 Å². The van der Waals surface area contributed by atoms with Gasteiger partial charge < -0.3 is 5.11 Å². The largest absolute Gasteiger partial charge is 0.393 e. The second-order valence-electron chi connectivity index (χ2n) is 7.22. The molecule has 1 nitrogen and oxygen atoms in total. The number of unbranched alkanes of at least 4 members (excludes halogenated alkanes) is 1. The van der Waals surface area contributed by atoms with E-state index in [9.17, 15) is 5.11 Å². The van der Waals surface area contributed by atoms with Crippen molar-refractivity contribution in [1.82, 2.24) is 0 Å². The van der Waals surface area contributed by atoms with E-state index in [0.717, 1.165) is 19.3 Å². The van der Waals surface area contributed by atoms with Gasteiger partial charge in [-0.25, -0.2) is 0 Å². The molecule has 0 radical (unpaired) electrons. The maximum absolute atomic E-state index is 10.4. The zero-order chi connectivity index (χ0) is 15.2. The Kier molecular flexibility index (Phi) is 6.22. The average Bonchev–Trinajstić information content (AvgIpc) is 2.38. The molecule has 0 saturated heterocycles. The van der Waals surface area contributed by atoms with Gasteiger partial charge in [0.1, 0.15) is 0 Å². The molecule has 0 aliphatic rings. The van der Waals surface area contributed by atoms with Gasteiger partial charge in [0.2, 0.25) is 0 Å². The van der Waals surface area contributed by atoms with Crippen LogP contribution in [0.3, 0.4) is 0 Å². The molecule has 1 atom stereocenters. The monoisotopic (exact) mass is 290 g/mol. The van der Waals surface area contributed by atoms with Gasteiger partial charge in [0.15, 0.2) is 0 Å². The Morgan fingerprint density at radius 1 is 1.15 bits per heavy atom. The number of allylic oxidation sites excluding steroid dienone is 1. The third-order valence-electron chi connectivity index (χ3n) is 4.67. The van der Waals surface area contributed by atoms with Crippen molar-refractivity contribution in [3.8, 4) is 0 Å². The summed E-state index contributed by atoms with van der Waals surface area (Å²) in [4.78, 5) is 0. The van der Waals surface area contributed by atoms with Crippen LogP contribution in [0.2, 0.25) is 18.1 Å². The van der Waals surface area contributed by atoms with Crippen molar-refractivity contribution < 1.29 is 5.11 Å². The molecule has 0 saturated carbocycles. The third-order valence-corrected chi connectivity index (χ3v) is 10.2. The van der Waals surface area contributed by atoms with Gasteiger partial charge in [-0.1, -0.05) is 76.3 Å². The van der Waals surface area contributed by atoms with Gasteiger partial charge >= 0.3 is 0 Å². The second kappa shape index (κ2) is 7.23. The highest BCUT2D eigenvalue weighted by Crippen LogP contribution is 2.38. The molecule has 1 aromatic carbocycles. The van der Waals surface area contributed by atoms with Crippen LogP contribution in [0.15, 0.2) is 42.5 Å². The fourth-order valence-electron chi connectivity index (χ4n) is 1.98. The number of hydrogen-bond donors (Lipinski definition) is 1. The average molecular weight is 291 g/mol. The Balaban J connectivity index is 2.38. The number of rotatable bonds is 6. The van der Waals surface area contributed by atoms with Crippen LogP contribution in [0.25, 0.3) is 0 Å². The summed E-state index contributed by atoms with van der Waals surface area (Å²) in [7, 11) is -1.66. The Labute approximate surface area is 125 Å². The van der Waals surface area contributed by atoms with E-state index in [1.165, 1.54) is 5.56 Å².